The van der Waals surface area contributed by atoms with Gasteiger partial charge in [0, 0.05) is 23.5 Å². The summed E-state index contributed by atoms with van der Waals surface area (Å²) in [6.07, 6.45) is 3.55. The minimum atomic E-state index is -1.23. The maximum Gasteiger partial charge on any atom is 0.339 e. The van der Waals surface area contributed by atoms with Gasteiger partial charge in [-0.25, -0.2) is 4.79 Å². The Hall–Kier alpha value is -5.11. The highest BCUT2D eigenvalue weighted by Crippen LogP contribution is 2.39. The molecule has 0 saturated heterocycles. The second-order valence-electron chi connectivity index (χ2n) is 8.36. The largest absolute Gasteiger partial charge is 0.505 e. The van der Waals surface area contributed by atoms with E-state index in [4.69, 9.17) is 0 Å². The van der Waals surface area contributed by atoms with Crippen LogP contribution in [0, 0.1) is 0 Å². The molecule has 0 fully saturated rings. The predicted octanol–water partition coefficient (Wildman–Crippen LogP) is 6.66. The van der Waals surface area contributed by atoms with Crippen molar-refractivity contribution < 1.29 is 15.0 Å². The van der Waals surface area contributed by atoms with Crippen molar-refractivity contribution in [2.45, 2.75) is 13.1 Å². The van der Waals surface area contributed by atoms with Crippen LogP contribution >= 0.6 is 0 Å². The number of pyridine rings is 2. The highest BCUT2D eigenvalue weighted by atomic mass is 16.4. The molecular formula is C29H23N5O3. The molecule has 0 aliphatic heterocycles. The number of aromatic hydroxyl groups is 1. The third-order valence-corrected chi connectivity index (χ3v) is 5.86. The zero-order valence-electron chi connectivity index (χ0n) is 19.8. The number of fused-ring (bicyclic) bond motifs is 1. The van der Waals surface area contributed by atoms with Crippen molar-refractivity contribution in [1.82, 2.24) is 9.97 Å². The van der Waals surface area contributed by atoms with Gasteiger partial charge in [0.15, 0.2) is 5.75 Å². The summed E-state index contributed by atoms with van der Waals surface area (Å²) in [4.78, 5) is 22.7. The number of anilines is 1. The molecular weight excluding hydrogens is 466 g/mol. The Labute approximate surface area is 213 Å². The molecule has 2 heterocycles. The fourth-order valence-electron chi connectivity index (χ4n) is 4.03. The molecule has 0 atom stereocenters. The SMILES string of the molecule is O=C(O)c1cc2ccccc2c(/N=N/c2ccc(N(Cc3ccccn3)Cc3ccccn3)cc2)c1O. The average Bonchev–Trinajstić information content (AvgIpc) is 2.93. The van der Waals surface area contributed by atoms with Crippen LogP contribution in [0.5, 0.6) is 5.75 Å². The molecule has 8 heteroatoms. The highest BCUT2D eigenvalue weighted by Gasteiger charge is 2.17. The molecule has 2 aromatic heterocycles. The maximum absolute atomic E-state index is 11.6. The second kappa shape index (κ2) is 10.7. The summed E-state index contributed by atoms with van der Waals surface area (Å²) in [6, 6.07) is 27.7. The van der Waals surface area contributed by atoms with Crippen LogP contribution in [-0.4, -0.2) is 26.2 Å². The van der Waals surface area contributed by atoms with E-state index >= 15 is 0 Å². The van der Waals surface area contributed by atoms with Crippen LogP contribution in [0.15, 0.2) is 114 Å². The van der Waals surface area contributed by atoms with Gasteiger partial charge >= 0.3 is 5.97 Å². The molecule has 0 unspecified atom stereocenters. The molecule has 37 heavy (non-hydrogen) atoms. The molecule has 3 aromatic carbocycles. The monoisotopic (exact) mass is 489 g/mol. The molecule has 5 aromatic rings. The van der Waals surface area contributed by atoms with Crippen molar-refractivity contribution in [3.05, 3.63) is 120 Å². The van der Waals surface area contributed by atoms with E-state index in [0.29, 0.717) is 29.5 Å². The summed E-state index contributed by atoms with van der Waals surface area (Å²) in [5.74, 6) is -1.64. The number of azo groups is 1. The minimum absolute atomic E-state index is 0.117. The van der Waals surface area contributed by atoms with Crippen molar-refractivity contribution in [3.63, 3.8) is 0 Å². The van der Waals surface area contributed by atoms with Crippen LogP contribution in [0.3, 0.4) is 0 Å². The minimum Gasteiger partial charge on any atom is -0.505 e. The van der Waals surface area contributed by atoms with Gasteiger partial charge in [0.05, 0.1) is 30.2 Å². The van der Waals surface area contributed by atoms with Crippen LogP contribution in [0.1, 0.15) is 21.7 Å². The molecule has 0 aliphatic carbocycles. The molecule has 182 valence electrons. The molecule has 8 nitrogen and oxygen atoms in total. The van der Waals surface area contributed by atoms with E-state index in [-0.39, 0.29) is 11.3 Å². The van der Waals surface area contributed by atoms with Gasteiger partial charge in [-0.3, -0.25) is 9.97 Å². The lowest BCUT2D eigenvalue weighted by Crippen LogP contribution is -2.23. The maximum atomic E-state index is 11.6. The average molecular weight is 490 g/mol. The number of aromatic carboxylic acids is 1. The summed E-state index contributed by atoms with van der Waals surface area (Å²) in [7, 11) is 0. The quantitative estimate of drug-likeness (QED) is 0.236. The number of phenols is 1. The van der Waals surface area contributed by atoms with Gasteiger partial charge in [0.25, 0.3) is 0 Å². The second-order valence-corrected chi connectivity index (χ2v) is 8.36. The first-order valence-corrected chi connectivity index (χ1v) is 11.6. The first-order chi connectivity index (χ1) is 18.1. The van der Waals surface area contributed by atoms with E-state index < -0.39 is 11.7 Å². The summed E-state index contributed by atoms with van der Waals surface area (Å²) in [6.45, 7) is 1.19. The Morgan fingerprint density at radius 3 is 2.00 bits per heavy atom. The van der Waals surface area contributed by atoms with Crippen molar-refractivity contribution in [1.29, 1.82) is 0 Å². The van der Waals surface area contributed by atoms with Crippen molar-refractivity contribution in [3.8, 4) is 5.75 Å². The molecule has 0 bridgehead atoms. The van der Waals surface area contributed by atoms with E-state index in [2.05, 4.69) is 25.1 Å². The number of aromatic nitrogens is 2. The van der Waals surface area contributed by atoms with Crippen LogP contribution < -0.4 is 4.90 Å². The summed E-state index contributed by atoms with van der Waals surface area (Å²) < 4.78 is 0. The number of nitrogens with zero attached hydrogens (tertiary/aromatic N) is 5. The highest BCUT2D eigenvalue weighted by molar-refractivity contribution is 6.04. The molecule has 5 rings (SSSR count). The first-order valence-electron chi connectivity index (χ1n) is 11.6. The topological polar surface area (TPSA) is 111 Å². The van der Waals surface area contributed by atoms with Crippen LogP contribution in [0.25, 0.3) is 10.8 Å². The predicted molar refractivity (Wildman–Crippen MR) is 142 cm³/mol. The Morgan fingerprint density at radius 1 is 0.784 bits per heavy atom. The van der Waals surface area contributed by atoms with Crippen molar-refractivity contribution in [2.24, 2.45) is 10.2 Å². The Balaban J connectivity index is 1.44. The number of carboxylic acid groups (broad SMARTS) is 1. The fraction of sp³-hybridized carbons (Fsp3) is 0.0690. The van der Waals surface area contributed by atoms with E-state index in [1.807, 2.05) is 60.7 Å². The van der Waals surface area contributed by atoms with Gasteiger partial charge in [-0.15, -0.1) is 5.11 Å². The number of benzene rings is 3. The fourth-order valence-corrected chi connectivity index (χ4v) is 4.03. The summed E-state index contributed by atoms with van der Waals surface area (Å²) in [5, 5.41) is 29.9. The van der Waals surface area contributed by atoms with Gasteiger partial charge in [0.2, 0.25) is 0 Å². The van der Waals surface area contributed by atoms with Crippen molar-refractivity contribution in [2.75, 3.05) is 4.90 Å². The first kappa shape index (κ1) is 23.6. The molecule has 0 aliphatic rings. The van der Waals surface area contributed by atoms with Crippen LogP contribution in [-0.2, 0) is 13.1 Å². The van der Waals surface area contributed by atoms with Gasteiger partial charge in [-0.1, -0.05) is 36.4 Å². The third-order valence-electron chi connectivity index (χ3n) is 5.86. The van der Waals surface area contributed by atoms with E-state index in [1.54, 1.807) is 36.7 Å². The molecule has 0 saturated carbocycles. The standard InChI is InChI=1S/C29H23N5O3/c35-28-26(29(36)37)17-20-7-1-2-10-25(20)27(28)33-32-21-11-13-24(14-12-21)34(18-22-8-3-5-15-30-22)19-23-9-4-6-16-31-23/h1-17,35H,18-19H2,(H,36,37)/b33-32+. The molecule has 0 radical (unpaired) electrons. The number of carbonyl (C=O) groups is 1. The Morgan fingerprint density at radius 2 is 1.41 bits per heavy atom. The van der Waals surface area contributed by atoms with E-state index in [1.165, 1.54) is 6.07 Å². The number of carboxylic acids is 1. The number of hydrogen-bond donors (Lipinski definition) is 2. The molecule has 2 N–H and O–H groups in total. The lowest BCUT2D eigenvalue weighted by atomic mass is 10.0. The van der Waals surface area contributed by atoms with Crippen molar-refractivity contribution >= 4 is 33.8 Å². The summed E-state index contributed by atoms with van der Waals surface area (Å²) in [5.41, 5.74) is 3.28. The lowest BCUT2D eigenvalue weighted by molar-refractivity contribution is 0.0694. The lowest BCUT2D eigenvalue weighted by Gasteiger charge is -2.24. The molecule has 0 spiro atoms. The van der Waals surface area contributed by atoms with Gasteiger partial charge in [-0.05, 0) is 60.0 Å². The normalized spacial score (nSPS) is 11.1. The summed E-state index contributed by atoms with van der Waals surface area (Å²) >= 11 is 0. The van der Waals surface area contributed by atoms with Gasteiger partial charge < -0.3 is 15.1 Å². The third kappa shape index (κ3) is 5.43. The zero-order chi connectivity index (χ0) is 25.6. The molecule has 0 amide bonds. The van der Waals surface area contributed by atoms with E-state index in [9.17, 15) is 15.0 Å². The number of rotatable bonds is 8. The van der Waals surface area contributed by atoms with E-state index in [0.717, 1.165) is 17.1 Å². The smallest absolute Gasteiger partial charge is 0.339 e. The Kier molecular flexibility index (Phi) is 6.80. The van der Waals surface area contributed by atoms with Gasteiger partial charge in [-0.2, -0.15) is 5.11 Å². The van der Waals surface area contributed by atoms with Gasteiger partial charge in [0.1, 0.15) is 11.3 Å². The van der Waals surface area contributed by atoms with Crippen LogP contribution in [0.2, 0.25) is 0 Å². The zero-order valence-corrected chi connectivity index (χ0v) is 19.8. The Bertz CT molecular complexity index is 1510. The van der Waals surface area contributed by atoms with Crippen LogP contribution in [0.4, 0.5) is 17.1 Å². The number of hydrogen-bond acceptors (Lipinski definition) is 7.